The van der Waals surface area contributed by atoms with Gasteiger partial charge in [-0.15, -0.1) is 0 Å². The fourth-order valence-electron chi connectivity index (χ4n) is 2.92. The number of primary amides is 1. The van der Waals surface area contributed by atoms with Gasteiger partial charge in [-0.1, -0.05) is 42.5 Å². The summed E-state index contributed by atoms with van der Waals surface area (Å²) < 4.78 is 1.41. The van der Waals surface area contributed by atoms with Gasteiger partial charge in [0.05, 0.1) is 5.69 Å². The summed E-state index contributed by atoms with van der Waals surface area (Å²) in [6.07, 6.45) is 0. The molecule has 2 heterocycles. The third kappa shape index (κ3) is 2.46. The molecule has 0 atom stereocenters. The third-order valence-corrected chi connectivity index (χ3v) is 4.17. The summed E-state index contributed by atoms with van der Waals surface area (Å²) in [5.41, 5.74) is 7.96. The summed E-state index contributed by atoms with van der Waals surface area (Å²) in [5, 5.41) is 0. The van der Waals surface area contributed by atoms with E-state index in [-0.39, 0.29) is 11.2 Å². The van der Waals surface area contributed by atoms with Crippen LogP contribution in [0.5, 0.6) is 0 Å². The van der Waals surface area contributed by atoms with Gasteiger partial charge in [-0.2, -0.15) is 0 Å². The van der Waals surface area contributed by atoms with Crippen molar-refractivity contribution in [2.75, 3.05) is 0 Å². The fourth-order valence-corrected chi connectivity index (χ4v) is 2.92. The van der Waals surface area contributed by atoms with E-state index >= 15 is 0 Å². The van der Waals surface area contributed by atoms with Crippen LogP contribution >= 0.6 is 0 Å². The molecule has 0 saturated carbocycles. The fraction of sp³-hybridized carbons (Fsp3) is 0.0526. The molecule has 3 N–H and O–H groups in total. The van der Waals surface area contributed by atoms with Gasteiger partial charge in [-0.3, -0.25) is 4.79 Å². The van der Waals surface area contributed by atoms with Crippen molar-refractivity contribution < 1.29 is 4.79 Å². The van der Waals surface area contributed by atoms with Crippen molar-refractivity contribution in [1.82, 2.24) is 19.5 Å². The number of hydrogen-bond acceptors (Lipinski definition) is 4. The van der Waals surface area contributed by atoms with Crippen LogP contribution in [0.3, 0.4) is 0 Å². The molecule has 0 spiro atoms. The standard InChI is InChI=1S/C19H15N5O2/c1-11-7-5-6-10-13(11)17-21-14(16(20)25)15-18(23-17)24(19(26)22-15)12-8-3-2-4-9-12/h2-10H,1H3,(H2,20,25)(H,22,26). The van der Waals surface area contributed by atoms with E-state index in [0.29, 0.717) is 17.2 Å². The molecule has 7 heteroatoms. The van der Waals surface area contributed by atoms with Gasteiger partial charge in [0.2, 0.25) is 0 Å². The largest absolute Gasteiger partial charge is 0.364 e. The van der Waals surface area contributed by atoms with Crippen molar-refractivity contribution in [1.29, 1.82) is 0 Å². The molecule has 2 aromatic carbocycles. The van der Waals surface area contributed by atoms with Gasteiger partial charge in [0.1, 0.15) is 5.52 Å². The topological polar surface area (TPSA) is 107 Å². The zero-order valence-electron chi connectivity index (χ0n) is 13.9. The molecule has 0 aliphatic rings. The molecule has 4 aromatic rings. The second-order valence-electron chi connectivity index (χ2n) is 5.87. The predicted molar refractivity (Wildman–Crippen MR) is 98.2 cm³/mol. The Morgan fingerprint density at radius 3 is 2.42 bits per heavy atom. The van der Waals surface area contributed by atoms with Gasteiger partial charge in [-0.25, -0.2) is 19.3 Å². The van der Waals surface area contributed by atoms with Crippen LogP contribution in [-0.2, 0) is 0 Å². The van der Waals surface area contributed by atoms with Crippen molar-refractivity contribution in [3.05, 3.63) is 76.3 Å². The minimum atomic E-state index is -0.728. The zero-order chi connectivity index (χ0) is 18.3. The molecule has 2 aromatic heterocycles. The van der Waals surface area contributed by atoms with E-state index in [9.17, 15) is 9.59 Å². The highest BCUT2D eigenvalue weighted by atomic mass is 16.2. The number of nitrogens with one attached hydrogen (secondary N) is 1. The number of nitrogens with two attached hydrogens (primary N) is 1. The number of nitrogens with zero attached hydrogens (tertiary/aromatic N) is 3. The third-order valence-electron chi connectivity index (χ3n) is 4.17. The van der Waals surface area contributed by atoms with Crippen molar-refractivity contribution in [3.63, 3.8) is 0 Å². The van der Waals surface area contributed by atoms with Gasteiger partial charge in [0.25, 0.3) is 5.91 Å². The molecule has 1 amide bonds. The number of amides is 1. The summed E-state index contributed by atoms with van der Waals surface area (Å²) in [6, 6.07) is 16.6. The van der Waals surface area contributed by atoms with Crippen LogP contribution in [0.4, 0.5) is 0 Å². The van der Waals surface area contributed by atoms with E-state index in [4.69, 9.17) is 5.73 Å². The average Bonchev–Trinajstić information content (AvgIpc) is 2.97. The first kappa shape index (κ1) is 15.8. The Morgan fingerprint density at radius 2 is 1.73 bits per heavy atom. The van der Waals surface area contributed by atoms with E-state index in [1.165, 1.54) is 4.57 Å². The van der Waals surface area contributed by atoms with Crippen LogP contribution in [0.1, 0.15) is 16.1 Å². The van der Waals surface area contributed by atoms with E-state index in [1.54, 1.807) is 12.1 Å². The summed E-state index contributed by atoms with van der Waals surface area (Å²) in [6.45, 7) is 1.92. The summed E-state index contributed by atoms with van der Waals surface area (Å²) in [5.74, 6) is -0.387. The summed E-state index contributed by atoms with van der Waals surface area (Å²) in [4.78, 5) is 36.0. The van der Waals surface area contributed by atoms with Crippen LogP contribution in [0.15, 0.2) is 59.4 Å². The number of aryl methyl sites for hydroxylation is 1. The first-order valence-corrected chi connectivity index (χ1v) is 8.00. The Balaban J connectivity index is 2.10. The monoisotopic (exact) mass is 345 g/mol. The van der Waals surface area contributed by atoms with E-state index in [1.807, 2.05) is 49.4 Å². The molecule has 0 aliphatic carbocycles. The first-order valence-electron chi connectivity index (χ1n) is 8.00. The molecule has 128 valence electrons. The number of aromatic nitrogens is 4. The Bertz CT molecular complexity index is 1190. The number of aromatic amines is 1. The van der Waals surface area contributed by atoms with Crippen molar-refractivity contribution in [2.24, 2.45) is 5.73 Å². The van der Waals surface area contributed by atoms with Crippen molar-refractivity contribution >= 4 is 17.1 Å². The lowest BCUT2D eigenvalue weighted by Gasteiger charge is -2.08. The normalized spacial score (nSPS) is 11.0. The number of H-pyrrole nitrogens is 1. The molecular formula is C19H15N5O2. The number of carbonyl (C=O) groups excluding carboxylic acids is 1. The number of carbonyl (C=O) groups is 1. The minimum absolute atomic E-state index is 0.0139. The lowest BCUT2D eigenvalue weighted by atomic mass is 10.1. The Hall–Kier alpha value is -3.74. The van der Waals surface area contributed by atoms with Crippen molar-refractivity contribution in [3.8, 4) is 17.1 Å². The number of para-hydroxylation sites is 1. The second-order valence-corrected chi connectivity index (χ2v) is 5.87. The maximum Gasteiger partial charge on any atom is 0.332 e. The van der Waals surface area contributed by atoms with E-state index in [2.05, 4.69) is 15.0 Å². The van der Waals surface area contributed by atoms with Crippen LogP contribution in [0.2, 0.25) is 0 Å². The molecule has 0 saturated heterocycles. The van der Waals surface area contributed by atoms with E-state index < -0.39 is 11.6 Å². The van der Waals surface area contributed by atoms with Gasteiger partial charge >= 0.3 is 5.69 Å². The molecule has 0 aliphatic heterocycles. The second kappa shape index (κ2) is 5.96. The highest BCUT2D eigenvalue weighted by Crippen LogP contribution is 2.24. The van der Waals surface area contributed by atoms with E-state index in [0.717, 1.165) is 11.1 Å². The lowest BCUT2D eigenvalue weighted by Crippen LogP contribution is -2.15. The van der Waals surface area contributed by atoms with Crippen LogP contribution in [-0.4, -0.2) is 25.4 Å². The van der Waals surface area contributed by atoms with Gasteiger partial charge in [-0.05, 0) is 24.6 Å². The SMILES string of the molecule is Cc1ccccc1-c1nc(C(N)=O)c2[nH]c(=O)n(-c3ccccc3)c2n1. The molecule has 4 rings (SSSR count). The molecule has 0 bridgehead atoms. The Labute approximate surface area is 148 Å². The van der Waals surface area contributed by atoms with Crippen LogP contribution in [0.25, 0.3) is 28.2 Å². The van der Waals surface area contributed by atoms with Crippen molar-refractivity contribution in [2.45, 2.75) is 6.92 Å². The number of rotatable bonds is 3. The smallest absolute Gasteiger partial charge is 0.332 e. The summed E-state index contributed by atoms with van der Waals surface area (Å²) in [7, 11) is 0. The minimum Gasteiger partial charge on any atom is -0.364 e. The van der Waals surface area contributed by atoms with Gasteiger partial charge < -0.3 is 10.7 Å². The molecule has 0 radical (unpaired) electrons. The zero-order valence-corrected chi connectivity index (χ0v) is 13.9. The Kier molecular flexibility index (Phi) is 3.62. The number of imidazole rings is 1. The highest BCUT2D eigenvalue weighted by Gasteiger charge is 2.20. The number of hydrogen-bond donors (Lipinski definition) is 2. The van der Waals surface area contributed by atoms with Crippen LogP contribution < -0.4 is 11.4 Å². The first-order chi connectivity index (χ1) is 12.6. The van der Waals surface area contributed by atoms with Gasteiger partial charge in [0.15, 0.2) is 17.2 Å². The quantitative estimate of drug-likeness (QED) is 0.593. The summed E-state index contributed by atoms with van der Waals surface area (Å²) >= 11 is 0. The molecule has 0 unspecified atom stereocenters. The van der Waals surface area contributed by atoms with Gasteiger partial charge in [0, 0.05) is 5.56 Å². The molecular weight excluding hydrogens is 330 g/mol. The number of fused-ring (bicyclic) bond motifs is 1. The maximum atomic E-state index is 12.5. The molecule has 26 heavy (non-hydrogen) atoms. The predicted octanol–water partition coefficient (Wildman–Crippen LogP) is 2.18. The van der Waals surface area contributed by atoms with Crippen LogP contribution in [0, 0.1) is 6.92 Å². The number of benzene rings is 2. The highest BCUT2D eigenvalue weighted by molar-refractivity contribution is 6.02. The maximum absolute atomic E-state index is 12.5. The Morgan fingerprint density at radius 1 is 1.04 bits per heavy atom. The average molecular weight is 345 g/mol. The lowest BCUT2D eigenvalue weighted by molar-refractivity contribution is 0.0997. The molecule has 0 fully saturated rings. The molecule has 7 nitrogen and oxygen atoms in total.